The van der Waals surface area contributed by atoms with Gasteiger partial charge in [0.15, 0.2) is 0 Å². The molecule has 31 heavy (non-hydrogen) atoms. The first kappa shape index (κ1) is 20.9. The minimum Gasteiger partial charge on any atom is -0.458 e. The molecule has 0 amide bonds. The summed E-state index contributed by atoms with van der Waals surface area (Å²) in [7, 11) is 1.73. The van der Waals surface area contributed by atoms with Crippen molar-refractivity contribution in [1.29, 1.82) is 0 Å². The SMILES string of the molecule is CC(C)CC(=O)Cc1cccc(COc2nc3c(Cl)cccc3n2-c2nnnn2C)n1. The van der Waals surface area contributed by atoms with Gasteiger partial charge >= 0.3 is 6.01 Å². The molecule has 10 heteroatoms. The third kappa shape index (κ3) is 4.56. The molecule has 3 heterocycles. The summed E-state index contributed by atoms with van der Waals surface area (Å²) in [6, 6.07) is 11.3. The largest absolute Gasteiger partial charge is 0.458 e. The van der Waals surface area contributed by atoms with Gasteiger partial charge < -0.3 is 4.74 Å². The van der Waals surface area contributed by atoms with Gasteiger partial charge in [0.05, 0.1) is 16.2 Å². The Labute approximate surface area is 184 Å². The zero-order chi connectivity index (χ0) is 22.0. The van der Waals surface area contributed by atoms with Gasteiger partial charge in [-0.3, -0.25) is 9.78 Å². The average Bonchev–Trinajstić information content (AvgIpc) is 3.29. The molecule has 0 saturated heterocycles. The number of aryl methyl sites for hydroxylation is 1. The molecule has 0 N–H and O–H groups in total. The molecule has 0 unspecified atom stereocenters. The lowest BCUT2D eigenvalue weighted by Crippen LogP contribution is -2.10. The maximum absolute atomic E-state index is 12.1. The van der Waals surface area contributed by atoms with Crippen molar-refractivity contribution in [3.05, 3.63) is 52.8 Å². The van der Waals surface area contributed by atoms with Crippen molar-refractivity contribution in [3.8, 4) is 12.0 Å². The normalized spacial score (nSPS) is 11.4. The Hall–Kier alpha value is -3.33. The molecule has 0 aliphatic rings. The number of imidazole rings is 1. The summed E-state index contributed by atoms with van der Waals surface area (Å²) >= 11 is 6.33. The number of carbonyl (C=O) groups excluding carboxylic acids is 1. The predicted molar refractivity (Wildman–Crippen MR) is 115 cm³/mol. The smallest absolute Gasteiger partial charge is 0.305 e. The molecule has 0 aliphatic heterocycles. The molecular formula is C21H22ClN7O2. The maximum atomic E-state index is 12.1. The highest BCUT2D eigenvalue weighted by Crippen LogP contribution is 2.29. The highest BCUT2D eigenvalue weighted by atomic mass is 35.5. The van der Waals surface area contributed by atoms with Gasteiger partial charge in [-0.1, -0.05) is 42.7 Å². The molecular weight excluding hydrogens is 418 g/mol. The zero-order valence-corrected chi connectivity index (χ0v) is 18.2. The van der Waals surface area contributed by atoms with Gasteiger partial charge in [0.25, 0.3) is 5.95 Å². The number of nitrogens with zero attached hydrogens (tertiary/aromatic N) is 7. The molecule has 0 bridgehead atoms. The quantitative estimate of drug-likeness (QED) is 0.415. The van der Waals surface area contributed by atoms with Gasteiger partial charge in [-0.25, -0.2) is 9.25 Å². The molecule has 0 saturated carbocycles. The first-order chi connectivity index (χ1) is 14.9. The summed E-state index contributed by atoms with van der Waals surface area (Å²) in [4.78, 5) is 21.2. The fourth-order valence-corrected chi connectivity index (χ4v) is 3.54. The van der Waals surface area contributed by atoms with Crippen LogP contribution in [0.2, 0.25) is 5.02 Å². The van der Waals surface area contributed by atoms with Gasteiger partial charge in [-0.05, 0) is 40.6 Å². The highest BCUT2D eigenvalue weighted by molar-refractivity contribution is 6.35. The number of hydrogen-bond acceptors (Lipinski definition) is 7. The number of aromatic nitrogens is 7. The van der Waals surface area contributed by atoms with Crippen LogP contribution in [-0.4, -0.2) is 40.5 Å². The van der Waals surface area contributed by atoms with Crippen LogP contribution in [0.15, 0.2) is 36.4 Å². The van der Waals surface area contributed by atoms with Crippen LogP contribution in [0.25, 0.3) is 17.0 Å². The molecule has 0 fully saturated rings. The Morgan fingerprint density at radius 3 is 2.65 bits per heavy atom. The monoisotopic (exact) mass is 439 g/mol. The van der Waals surface area contributed by atoms with Crippen molar-refractivity contribution in [2.45, 2.75) is 33.3 Å². The van der Waals surface area contributed by atoms with Gasteiger partial charge in [0.2, 0.25) is 0 Å². The molecule has 9 nitrogen and oxygen atoms in total. The fraction of sp³-hybridized carbons (Fsp3) is 0.333. The molecule has 0 aliphatic carbocycles. The van der Waals surface area contributed by atoms with Crippen molar-refractivity contribution in [1.82, 2.24) is 34.7 Å². The number of halogens is 1. The molecule has 0 spiro atoms. The molecule has 0 radical (unpaired) electrons. The van der Waals surface area contributed by atoms with Gasteiger partial charge in [-0.15, -0.1) is 0 Å². The van der Waals surface area contributed by atoms with E-state index in [1.807, 2.05) is 44.2 Å². The van der Waals surface area contributed by atoms with E-state index in [4.69, 9.17) is 16.3 Å². The second-order valence-electron chi connectivity index (χ2n) is 7.66. The minimum atomic E-state index is 0.165. The molecule has 0 atom stereocenters. The summed E-state index contributed by atoms with van der Waals surface area (Å²) < 4.78 is 9.23. The lowest BCUT2D eigenvalue weighted by molar-refractivity contribution is -0.119. The summed E-state index contributed by atoms with van der Waals surface area (Å²) in [5.74, 6) is 0.946. The average molecular weight is 440 g/mol. The van der Waals surface area contributed by atoms with E-state index in [0.29, 0.717) is 47.0 Å². The molecule has 3 aromatic heterocycles. The zero-order valence-electron chi connectivity index (χ0n) is 17.5. The Kier molecular flexibility index (Phi) is 5.94. The van der Waals surface area contributed by atoms with Crippen LogP contribution in [0.5, 0.6) is 6.01 Å². The summed E-state index contributed by atoms with van der Waals surface area (Å²) in [6.45, 7) is 4.22. The molecule has 4 aromatic rings. The number of tetrazole rings is 1. The van der Waals surface area contributed by atoms with Gasteiger partial charge in [0.1, 0.15) is 17.9 Å². The summed E-state index contributed by atoms with van der Waals surface area (Å²) in [5.41, 5.74) is 2.72. The first-order valence-electron chi connectivity index (χ1n) is 9.91. The number of pyridine rings is 1. The number of hydrogen-bond donors (Lipinski definition) is 0. The molecule has 4 rings (SSSR count). The van der Waals surface area contributed by atoms with Crippen molar-refractivity contribution < 1.29 is 9.53 Å². The predicted octanol–water partition coefficient (Wildman–Crippen LogP) is 3.33. The van der Waals surface area contributed by atoms with Crippen LogP contribution < -0.4 is 4.74 Å². The topological polar surface area (TPSA) is 101 Å². The number of ether oxygens (including phenoxy) is 1. The number of Topliss-reactive ketones (excluding diaryl/α,β-unsaturated/α-hetero) is 1. The summed E-state index contributed by atoms with van der Waals surface area (Å²) in [6.07, 6.45) is 0.851. The van der Waals surface area contributed by atoms with E-state index in [2.05, 4.69) is 25.5 Å². The molecule has 1 aromatic carbocycles. The highest BCUT2D eigenvalue weighted by Gasteiger charge is 2.20. The van der Waals surface area contributed by atoms with Crippen molar-refractivity contribution in [3.63, 3.8) is 0 Å². The first-order valence-corrected chi connectivity index (χ1v) is 10.3. The third-order valence-corrected chi connectivity index (χ3v) is 4.94. The number of benzene rings is 1. The Morgan fingerprint density at radius 1 is 1.13 bits per heavy atom. The van der Waals surface area contributed by atoms with Crippen LogP contribution in [0.4, 0.5) is 0 Å². The fourth-order valence-electron chi connectivity index (χ4n) is 3.32. The van der Waals surface area contributed by atoms with Gasteiger partial charge in [0, 0.05) is 25.6 Å². The minimum absolute atomic E-state index is 0.165. The van der Waals surface area contributed by atoms with E-state index in [1.165, 1.54) is 4.68 Å². The lowest BCUT2D eigenvalue weighted by atomic mass is 10.0. The second-order valence-corrected chi connectivity index (χ2v) is 8.07. The van der Waals surface area contributed by atoms with Crippen LogP contribution in [0.3, 0.4) is 0 Å². The van der Waals surface area contributed by atoms with E-state index in [9.17, 15) is 4.79 Å². The number of fused-ring (bicyclic) bond motifs is 1. The van der Waals surface area contributed by atoms with Crippen molar-refractivity contribution in [2.75, 3.05) is 0 Å². The second kappa shape index (κ2) is 8.81. The van der Waals surface area contributed by atoms with E-state index in [-0.39, 0.29) is 12.4 Å². The maximum Gasteiger partial charge on any atom is 0.305 e. The van der Waals surface area contributed by atoms with E-state index < -0.39 is 0 Å². The summed E-state index contributed by atoms with van der Waals surface area (Å²) in [5, 5.41) is 12.2. The van der Waals surface area contributed by atoms with Gasteiger partial charge in [-0.2, -0.15) is 4.98 Å². The number of para-hydroxylation sites is 1. The van der Waals surface area contributed by atoms with Crippen LogP contribution in [0, 0.1) is 5.92 Å². The number of ketones is 1. The van der Waals surface area contributed by atoms with E-state index in [0.717, 1.165) is 11.2 Å². The number of rotatable bonds is 8. The van der Waals surface area contributed by atoms with E-state index in [1.54, 1.807) is 17.7 Å². The Balaban J connectivity index is 1.60. The third-order valence-electron chi connectivity index (χ3n) is 4.63. The molecule has 160 valence electrons. The number of carbonyl (C=O) groups is 1. The van der Waals surface area contributed by atoms with Crippen molar-refractivity contribution >= 4 is 28.4 Å². The standard InChI is InChI=1S/C21H22ClN7O2/c1-13(2)10-16(30)11-14-6-4-7-15(23-14)12-31-21-24-19-17(22)8-5-9-18(19)29(21)20-25-26-27-28(20)3/h4-9,13H,10-12H2,1-3H3. The lowest BCUT2D eigenvalue weighted by Gasteiger charge is -2.09. The van der Waals surface area contributed by atoms with Crippen LogP contribution in [0.1, 0.15) is 31.7 Å². The van der Waals surface area contributed by atoms with Crippen LogP contribution >= 0.6 is 11.6 Å². The van der Waals surface area contributed by atoms with E-state index >= 15 is 0 Å². The van der Waals surface area contributed by atoms with Crippen LogP contribution in [-0.2, 0) is 24.9 Å². The van der Waals surface area contributed by atoms with Crippen molar-refractivity contribution in [2.24, 2.45) is 13.0 Å². The Morgan fingerprint density at radius 2 is 1.90 bits per heavy atom. The Bertz CT molecular complexity index is 1230.